The third-order valence-electron chi connectivity index (χ3n) is 14.9. The van der Waals surface area contributed by atoms with Crippen molar-refractivity contribution in [1.82, 2.24) is 14.1 Å². The molecule has 0 bridgehead atoms. The van der Waals surface area contributed by atoms with Gasteiger partial charge in [0, 0.05) is 44.3 Å². The molecule has 350 valence electrons. The molecule has 8 heteroatoms. The van der Waals surface area contributed by atoms with Gasteiger partial charge in [0.2, 0.25) is 0 Å². The maximum absolute atomic E-state index is 6.96. The van der Waals surface area contributed by atoms with Crippen LogP contribution < -0.4 is 24.9 Å². The van der Waals surface area contributed by atoms with Crippen molar-refractivity contribution in [2.24, 2.45) is 0 Å². The molecule has 0 saturated carbocycles. The minimum Gasteiger partial charge on any atom is -0.510 e. The predicted molar refractivity (Wildman–Crippen MR) is 294 cm³/mol. The van der Waals surface area contributed by atoms with Crippen LogP contribution >= 0.6 is 0 Å². The second-order valence-corrected chi connectivity index (χ2v) is 31.1. The van der Waals surface area contributed by atoms with Gasteiger partial charge in [0.15, 0.2) is 0 Å². The zero-order valence-electron chi connectivity index (χ0n) is 41.2. The van der Waals surface area contributed by atoms with Gasteiger partial charge in [-0.3, -0.25) is 4.57 Å². The summed E-state index contributed by atoms with van der Waals surface area (Å²) in [6.07, 6.45) is 5.97. The second-order valence-electron chi connectivity index (χ2n) is 21.7. The number of benzene rings is 8. The smallest absolute Gasteiger partial charge is 0.268 e. The van der Waals surface area contributed by atoms with Crippen LogP contribution in [0.15, 0.2) is 170 Å². The molecule has 0 saturated heterocycles. The van der Waals surface area contributed by atoms with E-state index < -0.39 is 16.1 Å². The van der Waals surface area contributed by atoms with Crippen LogP contribution in [0.25, 0.3) is 94.5 Å². The van der Waals surface area contributed by atoms with E-state index >= 15 is 0 Å². The number of aromatic nitrogens is 4. The topological polar surface area (TPSA) is 35.9 Å². The van der Waals surface area contributed by atoms with Crippen molar-refractivity contribution in [3.8, 4) is 73.2 Å². The van der Waals surface area contributed by atoms with Crippen LogP contribution in [0.5, 0.6) is 11.5 Å². The molecular formula is C63H52N4OPtSi2-2. The van der Waals surface area contributed by atoms with Crippen molar-refractivity contribution in [2.45, 2.75) is 58.9 Å². The van der Waals surface area contributed by atoms with Crippen LogP contribution in [0.3, 0.4) is 0 Å². The zero-order valence-corrected chi connectivity index (χ0v) is 45.5. The van der Waals surface area contributed by atoms with E-state index in [1.165, 1.54) is 37.8 Å². The minimum atomic E-state index is -2.07. The first-order valence-electron chi connectivity index (χ1n) is 24.4. The van der Waals surface area contributed by atoms with Gasteiger partial charge >= 0.3 is 0 Å². The van der Waals surface area contributed by atoms with Gasteiger partial charge in [0.05, 0.1) is 24.8 Å². The van der Waals surface area contributed by atoms with E-state index in [4.69, 9.17) is 9.72 Å². The third-order valence-corrected chi connectivity index (χ3v) is 20.5. The van der Waals surface area contributed by atoms with Crippen LogP contribution in [0.4, 0.5) is 0 Å². The van der Waals surface area contributed by atoms with Crippen LogP contribution in [-0.2, 0) is 26.5 Å². The molecule has 8 aromatic carbocycles. The number of fused-ring (bicyclic) bond motifs is 6. The van der Waals surface area contributed by atoms with Gasteiger partial charge in [-0.25, -0.2) is 4.98 Å². The molecule has 0 radical (unpaired) electrons. The Bertz CT molecular complexity index is 3910. The molecule has 0 unspecified atom stereocenters. The summed E-state index contributed by atoms with van der Waals surface area (Å²) >= 11 is 0. The van der Waals surface area contributed by atoms with Gasteiger partial charge in [-0.1, -0.05) is 196 Å². The molecule has 5 heterocycles. The molecular weight excluding hydrogens is 1080 g/mol. The molecule has 13 rings (SSSR count). The fraction of sp³-hybridized carbons (Fsp3) is 0.143. The average Bonchev–Trinajstić information content (AvgIpc) is 3.95. The van der Waals surface area contributed by atoms with E-state index in [2.05, 4.69) is 243 Å². The maximum Gasteiger partial charge on any atom is 0.268 e. The summed E-state index contributed by atoms with van der Waals surface area (Å²) < 4.78 is 13.8. The second kappa shape index (κ2) is 16.3. The van der Waals surface area contributed by atoms with Crippen molar-refractivity contribution in [2.75, 3.05) is 0 Å². The van der Waals surface area contributed by atoms with Crippen molar-refractivity contribution in [1.29, 1.82) is 0 Å². The fourth-order valence-electron chi connectivity index (χ4n) is 11.2. The zero-order chi connectivity index (χ0) is 47.8. The Morgan fingerprint density at radius 2 is 1.27 bits per heavy atom. The van der Waals surface area contributed by atoms with Crippen LogP contribution in [0.2, 0.25) is 32.7 Å². The number of imidazole rings is 1. The first kappa shape index (κ1) is 45.3. The normalized spacial score (nSPS) is 13.4. The van der Waals surface area contributed by atoms with Gasteiger partial charge in [0.25, 0.3) is 6.33 Å². The molecule has 3 aromatic heterocycles. The number of para-hydroxylation sites is 1. The quantitative estimate of drug-likeness (QED) is 0.0906. The Morgan fingerprint density at radius 1 is 0.620 bits per heavy atom. The molecule has 0 aliphatic carbocycles. The van der Waals surface area contributed by atoms with Crippen LogP contribution in [-0.4, -0.2) is 30.3 Å². The SMILES string of the molecule is CC(C)(C)c1ccc2c3ccc(Oc4[c-]c5c(cc4)-c4cccc6c4-c4c(ccc7c4n-5[c-][n+]7-c4c(-c5ccccc5)cccc4-c4ccccc4)[Si]6(C)C)[c-]c3n(-c3cc([Si](C)(C)C)ccn3)c2c1.[Pt]. The summed E-state index contributed by atoms with van der Waals surface area (Å²) in [6, 6.07) is 67.2. The van der Waals surface area contributed by atoms with E-state index in [9.17, 15) is 0 Å². The predicted octanol–water partition coefficient (Wildman–Crippen LogP) is 13.5. The van der Waals surface area contributed by atoms with E-state index in [1.807, 2.05) is 12.3 Å². The van der Waals surface area contributed by atoms with E-state index in [-0.39, 0.29) is 26.5 Å². The fourth-order valence-corrected chi connectivity index (χ4v) is 15.4. The van der Waals surface area contributed by atoms with E-state index in [0.29, 0.717) is 11.5 Å². The Hall–Kier alpha value is -6.90. The monoisotopic (exact) mass is 1130 g/mol. The Balaban J connectivity index is 0.00000517. The minimum absolute atomic E-state index is 0. The summed E-state index contributed by atoms with van der Waals surface area (Å²) in [5.74, 6) is 2.11. The molecule has 2 aliphatic heterocycles. The van der Waals surface area contributed by atoms with Gasteiger partial charge in [-0.15, -0.1) is 35.2 Å². The largest absolute Gasteiger partial charge is 0.510 e. The molecule has 0 amide bonds. The Morgan fingerprint density at radius 3 is 1.97 bits per heavy atom. The van der Waals surface area contributed by atoms with Crippen molar-refractivity contribution in [3.63, 3.8) is 0 Å². The number of nitrogens with zero attached hydrogens (tertiary/aromatic N) is 4. The van der Waals surface area contributed by atoms with Crippen LogP contribution in [0, 0.1) is 18.5 Å². The number of rotatable bonds is 7. The molecule has 0 spiro atoms. The molecule has 11 aromatic rings. The number of hydrogen-bond acceptors (Lipinski definition) is 2. The molecule has 71 heavy (non-hydrogen) atoms. The first-order valence-corrected chi connectivity index (χ1v) is 30.9. The van der Waals surface area contributed by atoms with Crippen molar-refractivity contribution in [3.05, 3.63) is 194 Å². The average molecular weight is 1130 g/mol. The summed E-state index contributed by atoms with van der Waals surface area (Å²) in [4.78, 5) is 5.01. The van der Waals surface area contributed by atoms with Gasteiger partial charge in [-0.05, 0) is 78.8 Å². The van der Waals surface area contributed by atoms with E-state index in [1.54, 1.807) is 0 Å². The van der Waals surface area contributed by atoms with Gasteiger partial charge in [-0.2, -0.15) is 12.1 Å². The molecule has 0 N–H and O–H groups in total. The standard InChI is InChI=1S/C63H52N4OSi2.Pt/c1-63(2,3)42-25-28-48-49-29-26-44(37-55(49)67(54(48)35-42)58-38-45(33-34-64-58)69(4,5)6)68-43-27-30-50-51-23-16-24-56-59(51)60-57(70(56,7)8)32-31-52-62(60)66(53(50)36-43)39-65(52)61-46(40-17-11-9-12-18-40)21-15-22-47(61)41-19-13-10-14-20-41;/h9-35,38H,1-8H3;/q-2;. The summed E-state index contributed by atoms with van der Waals surface area (Å²) in [7, 11) is -3.72. The van der Waals surface area contributed by atoms with Crippen molar-refractivity contribution >= 4 is 64.5 Å². The molecule has 2 aliphatic rings. The van der Waals surface area contributed by atoms with Crippen LogP contribution in [0.1, 0.15) is 26.3 Å². The third kappa shape index (κ3) is 7.03. The number of ether oxygens (including phenoxy) is 1. The summed E-state index contributed by atoms with van der Waals surface area (Å²) in [5, 5.41) is 6.54. The number of pyridine rings is 1. The van der Waals surface area contributed by atoms with Gasteiger partial charge in [0.1, 0.15) is 13.9 Å². The molecule has 0 atom stereocenters. The Kier molecular flexibility index (Phi) is 10.4. The molecule has 0 fully saturated rings. The summed E-state index contributed by atoms with van der Waals surface area (Å²) in [6.45, 7) is 19.0. The first-order chi connectivity index (χ1) is 33.7. The van der Waals surface area contributed by atoms with Gasteiger partial charge < -0.3 is 13.9 Å². The maximum atomic E-state index is 6.96. The van der Waals surface area contributed by atoms with Crippen molar-refractivity contribution < 1.29 is 30.4 Å². The Labute approximate surface area is 432 Å². The summed E-state index contributed by atoms with van der Waals surface area (Å²) in [5.41, 5.74) is 17.0. The number of hydrogen-bond donors (Lipinski definition) is 0. The van der Waals surface area contributed by atoms with E-state index in [0.717, 1.165) is 77.8 Å². The molecule has 5 nitrogen and oxygen atoms in total.